The SMILES string of the molecule is CN(C)C(=O)NC1CCCN(c2cnc(C(N)=O)c(Nc3ccc(C(=O)N(C)C)cc3)n2)C1. The molecule has 0 aliphatic carbocycles. The molecule has 2 aromatic rings. The normalized spacial score (nSPS) is 15.5. The van der Waals surface area contributed by atoms with Crippen LogP contribution in [0.4, 0.5) is 22.1 Å². The highest BCUT2D eigenvalue weighted by Gasteiger charge is 2.24. The predicted molar refractivity (Wildman–Crippen MR) is 126 cm³/mol. The second-order valence-corrected chi connectivity index (χ2v) is 8.32. The summed E-state index contributed by atoms with van der Waals surface area (Å²) in [5.74, 6) is -0.00950. The van der Waals surface area contributed by atoms with E-state index in [4.69, 9.17) is 5.73 Å². The van der Waals surface area contributed by atoms with Crippen molar-refractivity contribution >= 4 is 35.2 Å². The van der Waals surface area contributed by atoms with Gasteiger partial charge in [-0.25, -0.2) is 14.8 Å². The maximum Gasteiger partial charge on any atom is 0.317 e. The Balaban J connectivity index is 1.80. The van der Waals surface area contributed by atoms with Gasteiger partial charge in [0.2, 0.25) is 0 Å². The topological polar surface area (TPSA) is 137 Å². The minimum Gasteiger partial charge on any atom is -0.364 e. The third kappa shape index (κ3) is 5.88. The Kier molecular flexibility index (Phi) is 7.31. The number of hydrogen-bond donors (Lipinski definition) is 3. The first kappa shape index (κ1) is 23.8. The molecule has 1 fully saturated rings. The van der Waals surface area contributed by atoms with E-state index in [1.54, 1.807) is 52.5 Å². The number of benzene rings is 1. The smallest absolute Gasteiger partial charge is 0.317 e. The lowest BCUT2D eigenvalue weighted by Crippen LogP contribution is -2.50. The minimum absolute atomic E-state index is 0.0154. The summed E-state index contributed by atoms with van der Waals surface area (Å²) in [6.07, 6.45) is 3.26. The first-order chi connectivity index (χ1) is 15.7. The highest BCUT2D eigenvalue weighted by atomic mass is 16.2. The molecule has 1 aromatic carbocycles. The summed E-state index contributed by atoms with van der Waals surface area (Å²) in [5.41, 5.74) is 6.69. The van der Waals surface area contributed by atoms with Gasteiger partial charge in [0.1, 0.15) is 5.82 Å². The van der Waals surface area contributed by atoms with Crippen LogP contribution in [-0.4, -0.2) is 84.9 Å². The second kappa shape index (κ2) is 10.2. The molecule has 4 N–H and O–H groups in total. The Morgan fingerprint density at radius 3 is 2.39 bits per heavy atom. The Morgan fingerprint density at radius 2 is 1.79 bits per heavy atom. The average Bonchev–Trinajstić information content (AvgIpc) is 2.79. The van der Waals surface area contributed by atoms with E-state index < -0.39 is 5.91 Å². The molecule has 1 unspecified atom stereocenters. The molecular weight excluding hydrogens is 424 g/mol. The zero-order valence-electron chi connectivity index (χ0n) is 19.3. The van der Waals surface area contributed by atoms with Crippen molar-refractivity contribution in [2.45, 2.75) is 18.9 Å². The number of carbonyl (C=O) groups excluding carboxylic acids is 3. The zero-order valence-corrected chi connectivity index (χ0v) is 19.3. The summed E-state index contributed by atoms with van der Waals surface area (Å²) in [6, 6.07) is 6.66. The molecule has 2 heterocycles. The summed E-state index contributed by atoms with van der Waals surface area (Å²) in [6.45, 7) is 1.32. The van der Waals surface area contributed by atoms with Crippen LogP contribution < -0.4 is 21.3 Å². The molecule has 4 amide bonds. The van der Waals surface area contributed by atoms with Crippen LogP contribution in [0.3, 0.4) is 0 Å². The highest BCUT2D eigenvalue weighted by Crippen LogP contribution is 2.24. The van der Waals surface area contributed by atoms with Crippen LogP contribution in [0.2, 0.25) is 0 Å². The second-order valence-electron chi connectivity index (χ2n) is 8.32. The third-order valence-corrected chi connectivity index (χ3v) is 5.27. The maximum atomic E-state index is 12.1. The van der Waals surface area contributed by atoms with Gasteiger partial charge in [-0.05, 0) is 37.1 Å². The van der Waals surface area contributed by atoms with Crippen LogP contribution in [-0.2, 0) is 0 Å². The lowest BCUT2D eigenvalue weighted by Gasteiger charge is -2.34. The molecule has 11 heteroatoms. The number of rotatable bonds is 6. The number of hydrogen-bond acceptors (Lipinski definition) is 7. The molecule has 1 atom stereocenters. The van der Waals surface area contributed by atoms with Gasteiger partial charge in [-0.15, -0.1) is 0 Å². The third-order valence-electron chi connectivity index (χ3n) is 5.27. The van der Waals surface area contributed by atoms with Gasteiger partial charge < -0.3 is 31.1 Å². The fraction of sp³-hybridized carbons (Fsp3) is 0.409. The molecule has 11 nitrogen and oxygen atoms in total. The Morgan fingerprint density at radius 1 is 1.09 bits per heavy atom. The molecular formula is C22H30N8O3. The molecule has 0 saturated carbocycles. The van der Waals surface area contributed by atoms with Crippen molar-refractivity contribution in [3.05, 3.63) is 41.7 Å². The van der Waals surface area contributed by atoms with Gasteiger partial charge in [0.15, 0.2) is 11.5 Å². The number of amides is 4. The summed E-state index contributed by atoms with van der Waals surface area (Å²) in [4.78, 5) is 49.9. The number of urea groups is 1. The van der Waals surface area contributed by atoms with Gasteiger partial charge >= 0.3 is 6.03 Å². The fourth-order valence-electron chi connectivity index (χ4n) is 3.50. The molecule has 1 aliphatic rings. The number of nitrogens with two attached hydrogens (primary N) is 1. The van der Waals surface area contributed by atoms with E-state index in [1.165, 1.54) is 16.0 Å². The van der Waals surface area contributed by atoms with Crippen molar-refractivity contribution in [2.75, 3.05) is 51.5 Å². The van der Waals surface area contributed by atoms with Crippen molar-refractivity contribution in [1.29, 1.82) is 0 Å². The Bertz CT molecular complexity index is 1020. The number of piperidine rings is 1. The molecule has 1 aliphatic heterocycles. The van der Waals surface area contributed by atoms with Crippen LogP contribution in [0.5, 0.6) is 0 Å². The quantitative estimate of drug-likeness (QED) is 0.598. The minimum atomic E-state index is -0.703. The van der Waals surface area contributed by atoms with Crippen molar-refractivity contribution in [3.8, 4) is 0 Å². The standard InChI is InChI=1S/C22H30N8O3/c1-28(2)21(32)14-7-9-15(10-8-14)25-20-18(19(23)31)24-12-17(27-20)30-11-5-6-16(13-30)26-22(33)29(3)4/h7-10,12,16H,5-6,11,13H2,1-4H3,(H2,23,31)(H,25,27)(H,26,33). The first-order valence-corrected chi connectivity index (χ1v) is 10.6. The number of nitrogens with zero attached hydrogens (tertiary/aromatic N) is 5. The van der Waals surface area contributed by atoms with Crippen LogP contribution in [0.1, 0.15) is 33.7 Å². The number of aromatic nitrogens is 2. The lowest BCUT2D eigenvalue weighted by molar-refractivity contribution is 0.0827. The number of primary amides is 1. The maximum absolute atomic E-state index is 12.1. The van der Waals surface area contributed by atoms with Gasteiger partial charge in [0.05, 0.1) is 6.20 Å². The van der Waals surface area contributed by atoms with Gasteiger partial charge in [-0.3, -0.25) is 9.59 Å². The molecule has 3 rings (SSSR count). The molecule has 0 bridgehead atoms. The largest absolute Gasteiger partial charge is 0.364 e. The summed E-state index contributed by atoms with van der Waals surface area (Å²) >= 11 is 0. The van der Waals surface area contributed by atoms with E-state index in [2.05, 4.69) is 20.6 Å². The van der Waals surface area contributed by atoms with E-state index in [0.717, 1.165) is 19.4 Å². The summed E-state index contributed by atoms with van der Waals surface area (Å²) in [5, 5.41) is 6.09. The van der Waals surface area contributed by atoms with Gasteiger partial charge in [-0.1, -0.05) is 0 Å². The highest BCUT2D eigenvalue weighted by molar-refractivity contribution is 5.97. The van der Waals surface area contributed by atoms with E-state index in [1.807, 2.05) is 4.90 Å². The summed E-state index contributed by atoms with van der Waals surface area (Å²) < 4.78 is 0. The number of carbonyl (C=O) groups is 3. The Labute approximate surface area is 193 Å². The van der Waals surface area contributed by atoms with Gasteiger partial charge in [0, 0.05) is 58.6 Å². The van der Waals surface area contributed by atoms with Crippen molar-refractivity contribution in [3.63, 3.8) is 0 Å². The fourth-order valence-corrected chi connectivity index (χ4v) is 3.50. The molecule has 33 heavy (non-hydrogen) atoms. The van der Waals surface area contributed by atoms with Crippen molar-refractivity contribution < 1.29 is 14.4 Å². The molecule has 1 saturated heterocycles. The number of nitrogens with one attached hydrogen (secondary N) is 2. The molecule has 0 spiro atoms. The zero-order chi connectivity index (χ0) is 24.1. The van der Waals surface area contributed by atoms with Crippen LogP contribution in [0.15, 0.2) is 30.5 Å². The average molecular weight is 455 g/mol. The van der Waals surface area contributed by atoms with Crippen LogP contribution >= 0.6 is 0 Å². The first-order valence-electron chi connectivity index (χ1n) is 10.6. The van der Waals surface area contributed by atoms with Crippen LogP contribution in [0, 0.1) is 0 Å². The molecule has 1 aromatic heterocycles. The Hall–Kier alpha value is -3.89. The van der Waals surface area contributed by atoms with Crippen molar-refractivity contribution in [2.24, 2.45) is 5.73 Å². The van der Waals surface area contributed by atoms with E-state index >= 15 is 0 Å². The molecule has 176 valence electrons. The van der Waals surface area contributed by atoms with E-state index in [9.17, 15) is 14.4 Å². The van der Waals surface area contributed by atoms with Gasteiger partial charge in [0.25, 0.3) is 11.8 Å². The predicted octanol–water partition coefficient (Wildman–Crippen LogP) is 1.26. The van der Waals surface area contributed by atoms with Gasteiger partial charge in [-0.2, -0.15) is 0 Å². The summed E-state index contributed by atoms with van der Waals surface area (Å²) in [7, 11) is 6.77. The molecule has 0 radical (unpaired) electrons. The van der Waals surface area contributed by atoms with E-state index in [-0.39, 0.29) is 29.5 Å². The number of anilines is 3. The monoisotopic (exact) mass is 454 g/mol. The van der Waals surface area contributed by atoms with Crippen LogP contribution in [0.25, 0.3) is 0 Å². The lowest BCUT2D eigenvalue weighted by atomic mass is 10.1. The van der Waals surface area contributed by atoms with E-state index in [0.29, 0.717) is 23.6 Å². The van der Waals surface area contributed by atoms with Crippen molar-refractivity contribution in [1.82, 2.24) is 25.1 Å².